The molecule has 1 fully saturated rings. The quantitative estimate of drug-likeness (QED) is 0.563. The van der Waals surface area contributed by atoms with Crippen molar-refractivity contribution in [3.8, 4) is 11.1 Å². The van der Waals surface area contributed by atoms with Gasteiger partial charge >= 0.3 is 6.09 Å². The molecule has 5 heteroatoms. The summed E-state index contributed by atoms with van der Waals surface area (Å²) in [5.74, 6) is 0.0849. The first-order valence-corrected chi connectivity index (χ1v) is 11.4. The zero-order valence-corrected chi connectivity index (χ0v) is 17.9. The minimum absolute atomic E-state index is 0.0650. The van der Waals surface area contributed by atoms with Gasteiger partial charge < -0.3 is 4.74 Å². The summed E-state index contributed by atoms with van der Waals surface area (Å²) in [6.45, 7) is 0.365. The van der Waals surface area contributed by atoms with Gasteiger partial charge in [0.15, 0.2) is 0 Å². The molecule has 1 aliphatic carbocycles. The molecule has 0 saturated carbocycles. The molecule has 2 atom stereocenters. The smallest absolute Gasteiger partial charge is 0.410 e. The second-order valence-electron chi connectivity index (χ2n) is 8.85. The topological polar surface area (TPSA) is 55.3 Å². The Morgan fingerprint density at radius 2 is 1.75 bits per heavy atom. The Morgan fingerprint density at radius 1 is 1.00 bits per heavy atom. The van der Waals surface area contributed by atoms with E-state index in [2.05, 4.69) is 64.6 Å². The van der Waals surface area contributed by atoms with Gasteiger partial charge in [-0.25, -0.2) is 4.79 Å². The number of carbonyl (C=O) groups excluding carboxylic acids is 1. The van der Waals surface area contributed by atoms with Gasteiger partial charge in [-0.2, -0.15) is 0 Å². The van der Waals surface area contributed by atoms with Crippen molar-refractivity contribution in [2.75, 3.05) is 6.61 Å². The van der Waals surface area contributed by atoms with E-state index in [0.717, 1.165) is 31.4 Å². The summed E-state index contributed by atoms with van der Waals surface area (Å²) in [6, 6.07) is 17.1. The standard InChI is InChI=1S/C27H25N3O2/c31-27(30-19-6-5-7-20(30)15-18(14-19)26-16-28-12-13-29-26)32-17-25-23-10-3-1-8-21(23)22-9-2-4-11-24(22)25/h1-4,8-14,16,19-20,25H,5-7,15,17H2. The molecule has 0 N–H and O–H groups in total. The molecule has 3 heterocycles. The average Bonchev–Trinajstić information content (AvgIpc) is 3.16. The number of piperidine rings is 1. The molecule has 2 aromatic carbocycles. The lowest BCUT2D eigenvalue weighted by atomic mass is 9.84. The lowest BCUT2D eigenvalue weighted by Crippen LogP contribution is -2.52. The molecule has 6 rings (SSSR count). The van der Waals surface area contributed by atoms with E-state index in [0.29, 0.717) is 6.61 Å². The third-order valence-electron chi connectivity index (χ3n) is 7.08. The van der Waals surface area contributed by atoms with Gasteiger partial charge in [-0.15, -0.1) is 0 Å². The lowest BCUT2D eigenvalue weighted by molar-refractivity contribution is 0.0538. The van der Waals surface area contributed by atoms with Crippen LogP contribution in [-0.4, -0.2) is 39.7 Å². The molecule has 3 aliphatic rings. The third kappa shape index (κ3) is 3.20. The summed E-state index contributed by atoms with van der Waals surface area (Å²) in [6.07, 6.45) is 11.1. The second-order valence-corrected chi connectivity index (χ2v) is 8.85. The molecule has 32 heavy (non-hydrogen) atoms. The third-order valence-corrected chi connectivity index (χ3v) is 7.08. The first kappa shape index (κ1) is 19.2. The van der Waals surface area contributed by atoms with Crippen molar-refractivity contribution < 1.29 is 9.53 Å². The molecule has 5 nitrogen and oxygen atoms in total. The van der Waals surface area contributed by atoms with E-state index in [1.165, 1.54) is 27.8 Å². The number of rotatable bonds is 3. The fourth-order valence-corrected chi connectivity index (χ4v) is 5.64. The van der Waals surface area contributed by atoms with Gasteiger partial charge in [0.25, 0.3) is 0 Å². The normalized spacial score (nSPS) is 21.5. The zero-order valence-electron chi connectivity index (χ0n) is 17.9. The molecule has 160 valence electrons. The van der Waals surface area contributed by atoms with Crippen LogP contribution in [-0.2, 0) is 4.74 Å². The first-order chi connectivity index (χ1) is 15.8. The molecule has 1 aromatic heterocycles. The highest BCUT2D eigenvalue weighted by molar-refractivity contribution is 5.79. The van der Waals surface area contributed by atoms with E-state index < -0.39 is 0 Å². The van der Waals surface area contributed by atoms with Gasteiger partial charge in [-0.3, -0.25) is 14.9 Å². The minimum Gasteiger partial charge on any atom is -0.448 e. The van der Waals surface area contributed by atoms with E-state index >= 15 is 0 Å². The fourth-order valence-electron chi connectivity index (χ4n) is 5.64. The largest absolute Gasteiger partial charge is 0.448 e. The molecule has 3 aromatic rings. The highest BCUT2D eigenvalue weighted by Crippen LogP contribution is 2.45. The number of ether oxygens (including phenoxy) is 1. The maximum absolute atomic E-state index is 13.3. The van der Waals surface area contributed by atoms with Crippen LogP contribution in [0.2, 0.25) is 0 Å². The molecule has 0 radical (unpaired) electrons. The van der Waals surface area contributed by atoms with E-state index in [4.69, 9.17) is 4.74 Å². The van der Waals surface area contributed by atoms with Crippen LogP contribution in [0.25, 0.3) is 16.7 Å². The average molecular weight is 424 g/mol. The van der Waals surface area contributed by atoms with Gasteiger partial charge in [0.1, 0.15) is 6.61 Å². The molecule has 1 amide bonds. The Kier molecular flexibility index (Phi) is 4.75. The van der Waals surface area contributed by atoms with Crippen LogP contribution in [0.5, 0.6) is 0 Å². The van der Waals surface area contributed by atoms with Crippen molar-refractivity contribution in [2.24, 2.45) is 0 Å². The number of hydrogen-bond acceptors (Lipinski definition) is 4. The molecular weight excluding hydrogens is 398 g/mol. The van der Waals surface area contributed by atoms with Crippen LogP contribution in [0.1, 0.15) is 48.4 Å². The summed E-state index contributed by atoms with van der Waals surface area (Å²) in [5, 5.41) is 0. The number of fused-ring (bicyclic) bond motifs is 5. The van der Waals surface area contributed by atoms with Gasteiger partial charge in [-0.1, -0.05) is 54.6 Å². The van der Waals surface area contributed by atoms with E-state index in [1.807, 2.05) is 11.1 Å². The summed E-state index contributed by atoms with van der Waals surface area (Å²) in [4.78, 5) is 23.9. The minimum atomic E-state index is -0.198. The Balaban J connectivity index is 1.22. The highest BCUT2D eigenvalue weighted by Gasteiger charge is 2.39. The van der Waals surface area contributed by atoms with Gasteiger partial charge in [0.05, 0.1) is 17.9 Å². The van der Waals surface area contributed by atoms with E-state index in [-0.39, 0.29) is 24.1 Å². The second kappa shape index (κ2) is 7.90. The lowest BCUT2D eigenvalue weighted by Gasteiger charge is -2.44. The fraction of sp³-hybridized carbons (Fsp3) is 0.296. The van der Waals surface area contributed by atoms with Crippen molar-refractivity contribution >= 4 is 11.7 Å². The van der Waals surface area contributed by atoms with Gasteiger partial charge in [-0.05, 0) is 53.5 Å². The van der Waals surface area contributed by atoms with Crippen LogP contribution < -0.4 is 0 Å². The Labute approximate surface area is 187 Å². The number of benzene rings is 2. The first-order valence-electron chi connectivity index (χ1n) is 11.4. The maximum Gasteiger partial charge on any atom is 0.410 e. The predicted molar refractivity (Wildman–Crippen MR) is 123 cm³/mol. The highest BCUT2D eigenvalue weighted by atomic mass is 16.6. The Hall–Kier alpha value is -3.47. The zero-order chi connectivity index (χ0) is 21.5. The van der Waals surface area contributed by atoms with Crippen molar-refractivity contribution in [1.82, 2.24) is 14.9 Å². The summed E-state index contributed by atoms with van der Waals surface area (Å²) < 4.78 is 5.99. The number of nitrogens with zero attached hydrogens (tertiary/aromatic N) is 3. The molecule has 1 saturated heterocycles. The number of hydrogen-bond donors (Lipinski definition) is 0. The van der Waals surface area contributed by atoms with Gasteiger partial charge in [0.2, 0.25) is 0 Å². The summed E-state index contributed by atoms with van der Waals surface area (Å²) in [5.41, 5.74) is 7.08. The summed E-state index contributed by atoms with van der Waals surface area (Å²) in [7, 11) is 0. The molecule has 0 spiro atoms. The van der Waals surface area contributed by atoms with Crippen molar-refractivity contribution in [3.63, 3.8) is 0 Å². The SMILES string of the molecule is O=C(OCC1c2ccccc2-c2ccccc21)N1C2C=C(c3cnccn3)CC1CCC2. The molecular formula is C27H25N3O2. The molecule has 2 bridgehead atoms. The predicted octanol–water partition coefficient (Wildman–Crippen LogP) is 5.44. The van der Waals surface area contributed by atoms with Crippen LogP contribution in [0, 0.1) is 0 Å². The monoisotopic (exact) mass is 423 g/mol. The van der Waals surface area contributed by atoms with Crippen molar-refractivity contribution in [2.45, 2.75) is 43.7 Å². The summed E-state index contributed by atoms with van der Waals surface area (Å²) >= 11 is 0. The number of aromatic nitrogens is 2. The van der Waals surface area contributed by atoms with Crippen LogP contribution in [0.3, 0.4) is 0 Å². The Bertz CT molecular complexity index is 1140. The van der Waals surface area contributed by atoms with Crippen LogP contribution in [0.15, 0.2) is 73.2 Å². The van der Waals surface area contributed by atoms with Gasteiger partial charge in [0, 0.05) is 24.4 Å². The number of amides is 1. The van der Waals surface area contributed by atoms with Crippen LogP contribution >= 0.6 is 0 Å². The van der Waals surface area contributed by atoms with E-state index in [9.17, 15) is 4.79 Å². The number of carbonyl (C=O) groups is 1. The molecule has 2 unspecified atom stereocenters. The Morgan fingerprint density at radius 3 is 2.44 bits per heavy atom. The van der Waals surface area contributed by atoms with Crippen LogP contribution in [0.4, 0.5) is 4.79 Å². The van der Waals surface area contributed by atoms with Crippen molar-refractivity contribution in [3.05, 3.63) is 90.0 Å². The molecule has 2 aliphatic heterocycles. The maximum atomic E-state index is 13.3. The van der Waals surface area contributed by atoms with E-state index in [1.54, 1.807) is 12.4 Å². The van der Waals surface area contributed by atoms with Crippen molar-refractivity contribution in [1.29, 1.82) is 0 Å².